The predicted octanol–water partition coefficient (Wildman–Crippen LogP) is -3.06. The van der Waals surface area contributed by atoms with Crippen LogP contribution in [0.2, 0.25) is 0 Å². The van der Waals surface area contributed by atoms with Crippen molar-refractivity contribution in [3.63, 3.8) is 0 Å². The molecule has 4 atom stereocenters. The molecule has 182 valence electrons. The molecule has 0 aromatic rings. The van der Waals surface area contributed by atoms with Crippen LogP contribution in [0.25, 0.3) is 0 Å². The summed E-state index contributed by atoms with van der Waals surface area (Å²) in [6, 6.07) is -5.80. The lowest BCUT2D eigenvalue weighted by molar-refractivity contribution is -0.147. The Morgan fingerprint density at radius 1 is 0.812 bits per heavy atom. The molecule has 0 aromatic heterocycles. The zero-order chi connectivity index (χ0) is 24.8. The number of hydrogen-bond acceptors (Lipinski definition) is 9. The van der Waals surface area contributed by atoms with E-state index in [2.05, 4.69) is 10.6 Å². The maximum atomic E-state index is 12.7. The quantitative estimate of drug-likeness (QED) is 0.110. The van der Waals surface area contributed by atoms with Gasteiger partial charge in [-0.1, -0.05) is 0 Å². The number of rotatable bonds is 16. The number of aliphatic carboxylic acids is 3. The van der Waals surface area contributed by atoms with Crippen LogP contribution in [-0.2, 0) is 28.8 Å². The van der Waals surface area contributed by atoms with Gasteiger partial charge in [0, 0.05) is 6.42 Å². The molecule has 32 heavy (non-hydrogen) atoms. The first-order chi connectivity index (χ1) is 14.9. The summed E-state index contributed by atoms with van der Waals surface area (Å²) in [6.07, 6.45) is -0.0706. The van der Waals surface area contributed by atoms with E-state index in [0.29, 0.717) is 5.75 Å². The largest absolute Gasteiger partial charge is 0.481 e. The summed E-state index contributed by atoms with van der Waals surface area (Å²) in [5.41, 5.74) is 5.42. The van der Waals surface area contributed by atoms with E-state index in [1.807, 2.05) is 5.32 Å². The molecule has 0 aliphatic rings. The molecular formula is C17H28N4O10S. The highest BCUT2D eigenvalue weighted by molar-refractivity contribution is 7.98. The lowest BCUT2D eigenvalue weighted by Gasteiger charge is -2.24. The van der Waals surface area contributed by atoms with E-state index in [9.17, 15) is 28.8 Å². The van der Waals surface area contributed by atoms with Gasteiger partial charge in [0.05, 0.1) is 13.0 Å². The maximum absolute atomic E-state index is 12.7. The van der Waals surface area contributed by atoms with Crippen LogP contribution in [0.3, 0.4) is 0 Å². The standard InChI is InChI=1S/C17H28N4O10S/c1-32-5-4-10(19-14(27)8(18)7-22)16(29)20-9(2-3-12(23)24)15(28)21-11(17(30)31)6-13(25)26/h8-11,22H,2-7,18H2,1H3,(H,19,27)(H,20,29)(H,21,28)(H,23,24)(H,25,26)(H,30,31). The van der Waals surface area contributed by atoms with E-state index in [1.54, 1.807) is 6.26 Å². The zero-order valence-corrected chi connectivity index (χ0v) is 18.1. The fourth-order valence-corrected chi connectivity index (χ4v) is 2.79. The Kier molecular flexibility index (Phi) is 13.6. The highest BCUT2D eigenvalue weighted by Gasteiger charge is 2.31. The van der Waals surface area contributed by atoms with Crippen molar-refractivity contribution >= 4 is 47.4 Å². The van der Waals surface area contributed by atoms with Gasteiger partial charge in [0.2, 0.25) is 17.7 Å². The van der Waals surface area contributed by atoms with E-state index >= 15 is 0 Å². The van der Waals surface area contributed by atoms with Crippen LogP contribution in [0.4, 0.5) is 0 Å². The van der Waals surface area contributed by atoms with E-state index in [4.69, 9.17) is 26.2 Å². The summed E-state index contributed by atoms with van der Waals surface area (Å²) in [7, 11) is 0. The second-order valence-corrected chi connectivity index (χ2v) is 7.61. The highest BCUT2D eigenvalue weighted by atomic mass is 32.2. The van der Waals surface area contributed by atoms with Gasteiger partial charge in [0.25, 0.3) is 0 Å². The fraction of sp³-hybridized carbons (Fsp3) is 0.647. The third-order valence-electron chi connectivity index (χ3n) is 4.05. The van der Waals surface area contributed by atoms with E-state index < -0.39 is 85.7 Å². The Morgan fingerprint density at radius 3 is 1.75 bits per heavy atom. The molecule has 0 saturated heterocycles. The molecule has 0 spiro atoms. The number of aliphatic hydroxyl groups excluding tert-OH is 1. The minimum Gasteiger partial charge on any atom is -0.481 e. The summed E-state index contributed by atoms with van der Waals surface area (Å²) in [5.74, 6) is -6.80. The Hall–Kier alpha value is -2.91. The summed E-state index contributed by atoms with van der Waals surface area (Å²) < 4.78 is 0. The van der Waals surface area contributed by atoms with Crippen LogP contribution < -0.4 is 21.7 Å². The second kappa shape index (κ2) is 15.0. The Balaban J connectivity index is 5.50. The van der Waals surface area contributed by atoms with Crippen molar-refractivity contribution in [1.82, 2.24) is 16.0 Å². The first-order valence-corrected chi connectivity index (χ1v) is 10.7. The number of nitrogens with two attached hydrogens (primary N) is 1. The molecule has 0 aromatic carbocycles. The van der Waals surface area contributed by atoms with Gasteiger partial charge in [-0.15, -0.1) is 0 Å². The van der Waals surface area contributed by atoms with Gasteiger partial charge in [-0.2, -0.15) is 11.8 Å². The molecule has 0 radical (unpaired) electrons. The molecule has 0 aliphatic carbocycles. The van der Waals surface area contributed by atoms with Crippen LogP contribution >= 0.6 is 11.8 Å². The average Bonchev–Trinajstić information content (AvgIpc) is 2.71. The van der Waals surface area contributed by atoms with Crippen molar-refractivity contribution in [2.45, 2.75) is 49.9 Å². The van der Waals surface area contributed by atoms with Crippen LogP contribution in [-0.4, -0.2) is 98.8 Å². The minimum absolute atomic E-state index is 0.112. The lowest BCUT2D eigenvalue weighted by Crippen LogP contribution is -2.57. The molecule has 0 saturated carbocycles. The lowest BCUT2D eigenvalue weighted by atomic mass is 10.1. The SMILES string of the molecule is CSCCC(NC(=O)C(N)CO)C(=O)NC(CCC(=O)O)C(=O)NC(CC(=O)O)C(=O)O. The highest BCUT2D eigenvalue weighted by Crippen LogP contribution is 2.06. The van der Waals surface area contributed by atoms with E-state index in [0.717, 1.165) is 0 Å². The topological polar surface area (TPSA) is 245 Å². The number of carbonyl (C=O) groups is 6. The third kappa shape index (κ3) is 11.5. The summed E-state index contributed by atoms with van der Waals surface area (Å²) in [4.78, 5) is 70.0. The van der Waals surface area contributed by atoms with E-state index in [-0.39, 0.29) is 6.42 Å². The van der Waals surface area contributed by atoms with Crippen LogP contribution in [0.15, 0.2) is 0 Å². The van der Waals surface area contributed by atoms with Crippen molar-refractivity contribution in [2.24, 2.45) is 5.73 Å². The van der Waals surface area contributed by atoms with Gasteiger partial charge in [-0.3, -0.25) is 24.0 Å². The van der Waals surface area contributed by atoms with Crippen LogP contribution in [0, 0.1) is 0 Å². The van der Waals surface area contributed by atoms with Gasteiger partial charge in [0.1, 0.15) is 24.2 Å². The Morgan fingerprint density at radius 2 is 1.31 bits per heavy atom. The monoisotopic (exact) mass is 480 g/mol. The van der Waals surface area contributed by atoms with Gasteiger partial charge in [-0.05, 0) is 24.9 Å². The first-order valence-electron chi connectivity index (χ1n) is 9.35. The number of carbonyl (C=O) groups excluding carboxylic acids is 3. The fourth-order valence-electron chi connectivity index (χ4n) is 2.32. The molecule has 15 heteroatoms. The third-order valence-corrected chi connectivity index (χ3v) is 4.69. The number of nitrogens with one attached hydrogen (secondary N) is 3. The smallest absolute Gasteiger partial charge is 0.326 e. The molecule has 3 amide bonds. The number of hydrogen-bond donors (Lipinski definition) is 8. The number of thioether (sulfide) groups is 1. The van der Waals surface area contributed by atoms with Crippen molar-refractivity contribution in [3.05, 3.63) is 0 Å². The number of carboxylic acid groups (broad SMARTS) is 3. The Labute approximate surface area is 187 Å². The van der Waals surface area contributed by atoms with Crippen molar-refractivity contribution in [1.29, 1.82) is 0 Å². The second-order valence-electron chi connectivity index (χ2n) is 6.62. The molecule has 0 rings (SSSR count). The first kappa shape index (κ1) is 29.1. The zero-order valence-electron chi connectivity index (χ0n) is 17.3. The summed E-state index contributed by atoms with van der Waals surface area (Å²) in [6.45, 7) is -0.674. The molecule has 0 bridgehead atoms. The van der Waals surface area contributed by atoms with Crippen molar-refractivity contribution in [3.8, 4) is 0 Å². The molecule has 0 aliphatic heterocycles. The molecule has 14 nitrogen and oxygen atoms in total. The van der Waals surface area contributed by atoms with Gasteiger partial charge in [0.15, 0.2) is 0 Å². The summed E-state index contributed by atoms with van der Waals surface area (Å²) in [5, 5.41) is 42.3. The maximum Gasteiger partial charge on any atom is 0.326 e. The predicted molar refractivity (Wildman–Crippen MR) is 111 cm³/mol. The van der Waals surface area contributed by atoms with Gasteiger partial charge in [-0.25, -0.2) is 4.79 Å². The number of amides is 3. The Bertz CT molecular complexity index is 705. The number of aliphatic hydroxyl groups is 1. The van der Waals surface area contributed by atoms with Crippen molar-refractivity contribution < 1.29 is 49.2 Å². The number of carboxylic acids is 3. The molecule has 4 unspecified atom stereocenters. The van der Waals surface area contributed by atoms with E-state index in [1.165, 1.54) is 11.8 Å². The molecule has 0 heterocycles. The molecule has 9 N–H and O–H groups in total. The van der Waals surface area contributed by atoms with Gasteiger partial charge >= 0.3 is 17.9 Å². The van der Waals surface area contributed by atoms with Crippen LogP contribution in [0.5, 0.6) is 0 Å². The molecular weight excluding hydrogens is 452 g/mol. The normalized spacial score (nSPS) is 14.3. The van der Waals surface area contributed by atoms with Crippen molar-refractivity contribution in [2.75, 3.05) is 18.6 Å². The van der Waals surface area contributed by atoms with Gasteiger partial charge < -0.3 is 42.1 Å². The average molecular weight is 480 g/mol. The molecule has 0 fully saturated rings. The summed E-state index contributed by atoms with van der Waals surface area (Å²) >= 11 is 1.36. The minimum atomic E-state index is -1.81. The van der Waals surface area contributed by atoms with Crippen LogP contribution in [0.1, 0.15) is 25.7 Å².